The average Bonchev–Trinajstić information content (AvgIpc) is 3.02. The van der Waals surface area contributed by atoms with Crippen molar-refractivity contribution in [1.82, 2.24) is 10.3 Å². The van der Waals surface area contributed by atoms with E-state index in [-0.39, 0.29) is 24.5 Å². The van der Waals surface area contributed by atoms with Gasteiger partial charge in [-0.1, -0.05) is 17.8 Å². The second-order valence-electron chi connectivity index (χ2n) is 5.19. The van der Waals surface area contributed by atoms with Crippen LogP contribution in [0, 0.1) is 5.92 Å². The molecule has 6 heteroatoms. The predicted octanol–water partition coefficient (Wildman–Crippen LogP) is 1.77. The average molecular weight is 291 g/mol. The molecular formula is C14H17N3O2S. The number of nitrogens with one attached hydrogen (secondary N) is 1. The third-order valence-electron chi connectivity index (χ3n) is 3.88. The van der Waals surface area contributed by atoms with E-state index < -0.39 is 0 Å². The topological polar surface area (TPSA) is 88.2 Å². The highest BCUT2D eigenvalue weighted by atomic mass is 32.1. The number of amides is 1. The molecule has 1 heterocycles. The number of nitrogens with two attached hydrogens (primary N) is 1. The molecule has 2 aromatic rings. The van der Waals surface area contributed by atoms with Gasteiger partial charge in [-0.15, -0.1) is 0 Å². The van der Waals surface area contributed by atoms with Gasteiger partial charge in [0, 0.05) is 24.1 Å². The first-order valence-electron chi connectivity index (χ1n) is 6.75. The fraction of sp³-hybridized carbons (Fsp3) is 0.429. The Morgan fingerprint density at radius 1 is 1.50 bits per heavy atom. The minimum Gasteiger partial charge on any atom is -0.396 e. The summed E-state index contributed by atoms with van der Waals surface area (Å²) >= 11 is 1.38. The number of aliphatic hydroxyl groups is 1. The van der Waals surface area contributed by atoms with Crippen LogP contribution in [0.2, 0.25) is 0 Å². The lowest BCUT2D eigenvalue weighted by Crippen LogP contribution is -2.38. The van der Waals surface area contributed by atoms with E-state index in [2.05, 4.69) is 10.3 Å². The van der Waals surface area contributed by atoms with Gasteiger partial charge >= 0.3 is 0 Å². The number of aliphatic hydroxyl groups excluding tert-OH is 1. The maximum absolute atomic E-state index is 12.3. The molecule has 20 heavy (non-hydrogen) atoms. The van der Waals surface area contributed by atoms with Crippen LogP contribution < -0.4 is 11.1 Å². The molecule has 1 amide bonds. The zero-order valence-electron chi connectivity index (χ0n) is 11.0. The number of fused-ring (bicyclic) bond motifs is 1. The predicted molar refractivity (Wildman–Crippen MR) is 79.7 cm³/mol. The van der Waals surface area contributed by atoms with Crippen LogP contribution in [-0.2, 0) is 0 Å². The van der Waals surface area contributed by atoms with Crippen LogP contribution in [0.5, 0.6) is 0 Å². The third kappa shape index (κ3) is 2.48. The Hall–Kier alpha value is -1.66. The van der Waals surface area contributed by atoms with Crippen LogP contribution in [0.4, 0.5) is 5.13 Å². The molecule has 1 aromatic heterocycles. The van der Waals surface area contributed by atoms with Crippen LogP contribution >= 0.6 is 11.3 Å². The van der Waals surface area contributed by atoms with Gasteiger partial charge in [0.15, 0.2) is 5.13 Å². The summed E-state index contributed by atoms with van der Waals surface area (Å²) in [4.78, 5) is 16.4. The molecule has 5 nitrogen and oxygen atoms in total. The molecule has 3 rings (SSSR count). The van der Waals surface area contributed by atoms with E-state index in [1.165, 1.54) is 11.3 Å². The summed E-state index contributed by atoms with van der Waals surface area (Å²) in [6.45, 7) is 0.134. The number of benzene rings is 1. The van der Waals surface area contributed by atoms with Gasteiger partial charge in [0.25, 0.3) is 5.91 Å². The second-order valence-corrected chi connectivity index (χ2v) is 6.25. The molecule has 0 spiro atoms. The number of aromatic nitrogens is 1. The van der Waals surface area contributed by atoms with E-state index in [1.807, 2.05) is 12.1 Å². The molecule has 0 aliphatic heterocycles. The Bertz CT molecular complexity index is 640. The van der Waals surface area contributed by atoms with Gasteiger partial charge < -0.3 is 16.2 Å². The molecule has 0 saturated heterocycles. The van der Waals surface area contributed by atoms with Crippen molar-refractivity contribution in [2.45, 2.75) is 25.3 Å². The van der Waals surface area contributed by atoms with Crippen molar-refractivity contribution < 1.29 is 9.90 Å². The Kier molecular flexibility index (Phi) is 3.58. The fourth-order valence-electron chi connectivity index (χ4n) is 2.78. The van der Waals surface area contributed by atoms with Crippen LogP contribution in [0.25, 0.3) is 10.2 Å². The highest BCUT2D eigenvalue weighted by Crippen LogP contribution is 2.27. The Morgan fingerprint density at radius 3 is 3.15 bits per heavy atom. The quantitative estimate of drug-likeness (QED) is 0.804. The first-order chi connectivity index (χ1) is 9.67. The highest BCUT2D eigenvalue weighted by Gasteiger charge is 2.28. The molecule has 4 N–H and O–H groups in total. The summed E-state index contributed by atoms with van der Waals surface area (Å²) < 4.78 is 0.917. The summed E-state index contributed by atoms with van der Waals surface area (Å²) in [5.41, 5.74) is 7.10. The number of nitrogen functional groups attached to an aromatic ring is 1. The van der Waals surface area contributed by atoms with Gasteiger partial charge in [-0.25, -0.2) is 4.98 Å². The van der Waals surface area contributed by atoms with Crippen molar-refractivity contribution >= 4 is 32.6 Å². The number of hydrogen-bond donors (Lipinski definition) is 3. The van der Waals surface area contributed by atoms with E-state index >= 15 is 0 Å². The van der Waals surface area contributed by atoms with E-state index in [0.29, 0.717) is 10.7 Å². The summed E-state index contributed by atoms with van der Waals surface area (Å²) in [6, 6.07) is 5.48. The van der Waals surface area contributed by atoms with Crippen molar-refractivity contribution in [2.24, 2.45) is 5.92 Å². The Balaban J connectivity index is 1.78. The minimum atomic E-state index is -0.0933. The number of nitrogens with zero attached hydrogens (tertiary/aromatic N) is 1. The number of carbonyl (C=O) groups is 1. The lowest BCUT2D eigenvalue weighted by atomic mass is 10.0. The van der Waals surface area contributed by atoms with E-state index in [0.717, 1.165) is 29.5 Å². The van der Waals surface area contributed by atoms with Crippen LogP contribution in [-0.4, -0.2) is 28.6 Å². The smallest absolute Gasteiger partial charge is 0.251 e. The van der Waals surface area contributed by atoms with Crippen molar-refractivity contribution in [1.29, 1.82) is 0 Å². The summed E-state index contributed by atoms with van der Waals surface area (Å²) in [5.74, 6) is 0.0888. The number of anilines is 1. The Labute approximate surface area is 120 Å². The number of thiazole rings is 1. The zero-order valence-corrected chi connectivity index (χ0v) is 11.8. The molecule has 1 aliphatic rings. The first-order valence-corrected chi connectivity index (χ1v) is 7.57. The normalized spacial score (nSPS) is 22.2. The Morgan fingerprint density at radius 2 is 2.35 bits per heavy atom. The number of rotatable bonds is 3. The summed E-state index contributed by atoms with van der Waals surface area (Å²) in [5, 5.41) is 12.8. The van der Waals surface area contributed by atoms with Gasteiger partial charge in [-0.2, -0.15) is 0 Å². The van der Waals surface area contributed by atoms with Gasteiger partial charge in [0.05, 0.1) is 10.2 Å². The molecule has 0 radical (unpaired) electrons. The third-order valence-corrected chi connectivity index (χ3v) is 4.72. The summed E-state index contributed by atoms with van der Waals surface area (Å²) in [6.07, 6.45) is 2.97. The number of carbonyl (C=O) groups excluding carboxylic acids is 1. The summed E-state index contributed by atoms with van der Waals surface area (Å²) in [7, 11) is 0. The van der Waals surface area contributed by atoms with Crippen molar-refractivity contribution in [3.63, 3.8) is 0 Å². The van der Waals surface area contributed by atoms with Crippen LogP contribution in [0.1, 0.15) is 29.6 Å². The van der Waals surface area contributed by atoms with Crippen molar-refractivity contribution in [2.75, 3.05) is 12.3 Å². The second kappa shape index (κ2) is 5.38. The molecule has 0 bridgehead atoms. The van der Waals surface area contributed by atoms with Gasteiger partial charge in [0.2, 0.25) is 0 Å². The largest absolute Gasteiger partial charge is 0.396 e. The molecule has 1 fully saturated rings. The van der Waals surface area contributed by atoms with Gasteiger partial charge in [-0.3, -0.25) is 4.79 Å². The van der Waals surface area contributed by atoms with Crippen molar-refractivity contribution in [3.05, 3.63) is 23.8 Å². The van der Waals surface area contributed by atoms with E-state index in [9.17, 15) is 9.90 Å². The molecule has 2 atom stereocenters. The van der Waals surface area contributed by atoms with Crippen molar-refractivity contribution in [3.8, 4) is 0 Å². The maximum atomic E-state index is 12.3. The van der Waals surface area contributed by atoms with Gasteiger partial charge in [0.1, 0.15) is 0 Å². The van der Waals surface area contributed by atoms with Gasteiger partial charge in [-0.05, 0) is 31.0 Å². The zero-order chi connectivity index (χ0) is 14.1. The molecule has 106 valence electrons. The lowest BCUT2D eigenvalue weighted by molar-refractivity contribution is 0.0916. The maximum Gasteiger partial charge on any atom is 0.251 e. The van der Waals surface area contributed by atoms with Crippen LogP contribution in [0.3, 0.4) is 0 Å². The highest BCUT2D eigenvalue weighted by molar-refractivity contribution is 7.22. The number of hydrogen-bond acceptors (Lipinski definition) is 5. The SMILES string of the molecule is Nc1nc2ccc(C(=O)NC3CCCC3CO)cc2s1. The monoisotopic (exact) mass is 291 g/mol. The molecule has 1 saturated carbocycles. The molecular weight excluding hydrogens is 274 g/mol. The molecule has 2 unspecified atom stereocenters. The van der Waals surface area contributed by atoms with E-state index in [4.69, 9.17) is 5.73 Å². The standard InChI is InChI=1S/C14H17N3O2S/c15-14-17-11-5-4-8(6-12(11)20-14)13(19)16-10-3-1-2-9(10)7-18/h4-6,9-10,18H,1-3,7H2,(H2,15,17)(H,16,19). The molecule has 1 aliphatic carbocycles. The molecule has 1 aromatic carbocycles. The van der Waals surface area contributed by atoms with Crippen LogP contribution in [0.15, 0.2) is 18.2 Å². The fourth-order valence-corrected chi connectivity index (χ4v) is 3.55. The minimum absolute atomic E-state index is 0.0785. The first kappa shape index (κ1) is 13.3. The lowest BCUT2D eigenvalue weighted by Gasteiger charge is -2.18. The van der Waals surface area contributed by atoms with E-state index in [1.54, 1.807) is 6.07 Å².